The fourth-order valence-corrected chi connectivity index (χ4v) is 2.77. The molecule has 1 atom stereocenters. The number of likely N-dealkylation sites (tertiary alicyclic amines) is 1. The van der Waals surface area contributed by atoms with E-state index in [0.717, 1.165) is 12.1 Å². The zero-order valence-electron chi connectivity index (χ0n) is 14.1. The summed E-state index contributed by atoms with van der Waals surface area (Å²) >= 11 is 0. The van der Waals surface area contributed by atoms with Crippen LogP contribution in [0.25, 0.3) is 0 Å². The first-order chi connectivity index (χ1) is 11.7. The number of piperidine rings is 1. The van der Waals surface area contributed by atoms with Gasteiger partial charge in [0.2, 0.25) is 11.8 Å². The molecule has 1 saturated heterocycles. The lowest BCUT2D eigenvalue weighted by Gasteiger charge is -2.33. The number of hydrogen-bond donors (Lipinski definition) is 1. The molecule has 2 amide bonds. The van der Waals surface area contributed by atoms with E-state index < -0.39 is 12.1 Å². The van der Waals surface area contributed by atoms with Gasteiger partial charge in [0, 0.05) is 30.8 Å². The Balaban J connectivity index is 1.99. The minimum Gasteiger partial charge on any atom is -0.406 e. The van der Waals surface area contributed by atoms with Gasteiger partial charge in [-0.2, -0.15) is 0 Å². The van der Waals surface area contributed by atoms with Gasteiger partial charge in [-0.05, 0) is 25.0 Å². The van der Waals surface area contributed by atoms with Crippen molar-refractivity contribution in [2.24, 2.45) is 11.8 Å². The standard InChI is InChI=1S/C17H21F3N2O3/c1-11(2)16(24)22-8-4-5-12(10-22)15(23)21-13-6-3-7-14(9-13)25-17(18,19)20/h3,6-7,9,11-12H,4-5,8,10H2,1-2H3,(H,21,23). The molecular weight excluding hydrogens is 337 g/mol. The smallest absolute Gasteiger partial charge is 0.406 e. The van der Waals surface area contributed by atoms with Crippen LogP contribution in [0.1, 0.15) is 26.7 Å². The highest BCUT2D eigenvalue weighted by Crippen LogP contribution is 2.26. The first-order valence-electron chi connectivity index (χ1n) is 8.11. The van der Waals surface area contributed by atoms with E-state index in [1.54, 1.807) is 18.7 Å². The molecule has 5 nitrogen and oxygen atoms in total. The van der Waals surface area contributed by atoms with Crippen LogP contribution in [-0.4, -0.2) is 36.2 Å². The minimum atomic E-state index is -4.79. The highest BCUT2D eigenvalue weighted by atomic mass is 19.4. The van der Waals surface area contributed by atoms with E-state index in [2.05, 4.69) is 10.1 Å². The van der Waals surface area contributed by atoms with Crippen LogP contribution in [0, 0.1) is 11.8 Å². The Morgan fingerprint density at radius 2 is 2.04 bits per heavy atom. The number of alkyl halides is 3. The Kier molecular flexibility index (Phi) is 5.92. The predicted molar refractivity (Wildman–Crippen MR) is 85.9 cm³/mol. The molecule has 1 aromatic carbocycles. The Labute approximate surface area is 144 Å². The van der Waals surface area contributed by atoms with Gasteiger partial charge in [0.05, 0.1) is 5.92 Å². The van der Waals surface area contributed by atoms with E-state index in [1.165, 1.54) is 12.1 Å². The van der Waals surface area contributed by atoms with Crippen molar-refractivity contribution >= 4 is 17.5 Å². The van der Waals surface area contributed by atoms with Gasteiger partial charge in [-0.15, -0.1) is 13.2 Å². The van der Waals surface area contributed by atoms with Gasteiger partial charge in [0.15, 0.2) is 0 Å². The number of rotatable bonds is 4. The molecule has 1 aromatic rings. The minimum absolute atomic E-state index is 0.00178. The SMILES string of the molecule is CC(C)C(=O)N1CCCC(C(=O)Nc2cccc(OC(F)(F)F)c2)C1. The van der Waals surface area contributed by atoms with Crippen LogP contribution in [-0.2, 0) is 9.59 Å². The first kappa shape index (κ1) is 19.1. The number of anilines is 1. The van der Waals surface area contributed by atoms with Crippen LogP contribution in [0.4, 0.5) is 18.9 Å². The van der Waals surface area contributed by atoms with Crippen LogP contribution >= 0.6 is 0 Å². The third-order valence-corrected chi connectivity index (χ3v) is 3.93. The summed E-state index contributed by atoms with van der Waals surface area (Å²) in [4.78, 5) is 26.1. The third kappa shape index (κ3) is 5.65. The first-order valence-corrected chi connectivity index (χ1v) is 8.11. The molecule has 1 aliphatic rings. The third-order valence-electron chi connectivity index (χ3n) is 3.93. The van der Waals surface area contributed by atoms with E-state index in [0.29, 0.717) is 25.9 Å². The summed E-state index contributed by atoms with van der Waals surface area (Å²) in [6.45, 7) is 4.55. The molecule has 0 radical (unpaired) electrons. The fraction of sp³-hybridized carbons (Fsp3) is 0.529. The maximum absolute atomic E-state index is 12.4. The van der Waals surface area contributed by atoms with Gasteiger partial charge in [-0.1, -0.05) is 19.9 Å². The van der Waals surface area contributed by atoms with E-state index in [9.17, 15) is 22.8 Å². The van der Waals surface area contributed by atoms with Gasteiger partial charge in [-0.3, -0.25) is 9.59 Å². The number of amides is 2. The maximum atomic E-state index is 12.4. The number of carbonyl (C=O) groups is 2. The molecular formula is C17H21F3N2O3. The Hall–Kier alpha value is -2.25. The van der Waals surface area contributed by atoms with E-state index in [1.807, 2.05) is 0 Å². The van der Waals surface area contributed by atoms with Gasteiger partial charge < -0.3 is 15.0 Å². The van der Waals surface area contributed by atoms with Gasteiger partial charge >= 0.3 is 6.36 Å². The molecule has 0 aromatic heterocycles. The summed E-state index contributed by atoms with van der Waals surface area (Å²) in [5.74, 6) is -1.24. The molecule has 0 spiro atoms. The molecule has 0 aliphatic carbocycles. The molecule has 1 N–H and O–H groups in total. The Bertz CT molecular complexity index is 632. The Morgan fingerprint density at radius 1 is 1.32 bits per heavy atom. The average molecular weight is 358 g/mol. The lowest BCUT2D eigenvalue weighted by Crippen LogP contribution is -2.45. The van der Waals surface area contributed by atoms with E-state index >= 15 is 0 Å². The van der Waals surface area contributed by atoms with Gasteiger partial charge in [0.25, 0.3) is 0 Å². The largest absolute Gasteiger partial charge is 0.573 e. The quantitative estimate of drug-likeness (QED) is 0.897. The number of hydrogen-bond acceptors (Lipinski definition) is 3. The van der Waals surface area contributed by atoms with Crippen LogP contribution in [0.5, 0.6) is 5.75 Å². The molecule has 2 rings (SSSR count). The maximum Gasteiger partial charge on any atom is 0.573 e. The zero-order chi connectivity index (χ0) is 18.6. The van der Waals surface area contributed by atoms with Crippen molar-refractivity contribution in [1.29, 1.82) is 0 Å². The van der Waals surface area contributed by atoms with E-state index in [-0.39, 0.29) is 29.3 Å². The average Bonchev–Trinajstić information content (AvgIpc) is 2.52. The molecule has 1 heterocycles. The van der Waals surface area contributed by atoms with E-state index in [4.69, 9.17) is 0 Å². The van der Waals surface area contributed by atoms with Crippen LogP contribution in [0.3, 0.4) is 0 Å². The second-order valence-corrected chi connectivity index (χ2v) is 6.34. The Morgan fingerprint density at radius 3 is 2.68 bits per heavy atom. The predicted octanol–water partition coefficient (Wildman–Crippen LogP) is 3.42. The van der Waals surface area contributed by atoms with Crippen LogP contribution < -0.4 is 10.1 Å². The highest BCUT2D eigenvalue weighted by Gasteiger charge is 2.32. The molecule has 0 bridgehead atoms. The van der Waals surface area contributed by atoms with Crippen molar-refractivity contribution in [2.75, 3.05) is 18.4 Å². The number of ether oxygens (including phenoxy) is 1. The lowest BCUT2D eigenvalue weighted by atomic mass is 9.96. The summed E-state index contributed by atoms with van der Waals surface area (Å²) in [6.07, 6.45) is -3.44. The summed E-state index contributed by atoms with van der Waals surface area (Å²) in [5.41, 5.74) is 0.221. The number of nitrogens with one attached hydrogen (secondary N) is 1. The summed E-state index contributed by atoms with van der Waals surface area (Å²) in [6, 6.07) is 5.13. The molecule has 1 unspecified atom stereocenters. The number of benzene rings is 1. The fourth-order valence-electron chi connectivity index (χ4n) is 2.77. The van der Waals surface area contributed by atoms with Crippen molar-refractivity contribution in [1.82, 2.24) is 4.90 Å². The van der Waals surface area contributed by atoms with Crippen molar-refractivity contribution in [3.8, 4) is 5.75 Å². The summed E-state index contributed by atoms with van der Waals surface area (Å²) in [5, 5.41) is 2.60. The summed E-state index contributed by atoms with van der Waals surface area (Å²) in [7, 11) is 0. The van der Waals surface area contributed by atoms with Gasteiger partial charge in [-0.25, -0.2) is 0 Å². The second kappa shape index (κ2) is 7.76. The van der Waals surface area contributed by atoms with Crippen LogP contribution in [0.15, 0.2) is 24.3 Å². The van der Waals surface area contributed by atoms with Crippen molar-refractivity contribution < 1.29 is 27.5 Å². The zero-order valence-corrected chi connectivity index (χ0v) is 14.1. The normalized spacial score (nSPS) is 18.2. The molecule has 1 aliphatic heterocycles. The highest BCUT2D eigenvalue weighted by molar-refractivity contribution is 5.93. The lowest BCUT2D eigenvalue weighted by molar-refractivity contribution is -0.274. The molecule has 1 fully saturated rings. The molecule has 0 saturated carbocycles. The number of halogens is 3. The summed E-state index contributed by atoms with van der Waals surface area (Å²) < 4.78 is 40.6. The molecule has 8 heteroatoms. The molecule has 138 valence electrons. The monoisotopic (exact) mass is 358 g/mol. The van der Waals surface area contributed by atoms with Crippen molar-refractivity contribution in [2.45, 2.75) is 33.1 Å². The van der Waals surface area contributed by atoms with Gasteiger partial charge in [0.1, 0.15) is 5.75 Å². The molecule has 25 heavy (non-hydrogen) atoms. The van der Waals surface area contributed by atoms with Crippen LogP contribution in [0.2, 0.25) is 0 Å². The van der Waals surface area contributed by atoms with Crippen molar-refractivity contribution in [3.63, 3.8) is 0 Å². The van der Waals surface area contributed by atoms with Crippen molar-refractivity contribution in [3.05, 3.63) is 24.3 Å². The topological polar surface area (TPSA) is 58.6 Å². The second-order valence-electron chi connectivity index (χ2n) is 6.34. The number of nitrogens with zero attached hydrogens (tertiary/aromatic N) is 1. The number of carbonyl (C=O) groups excluding carboxylic acids is 2.